The topological polar surface area (TPSA) is 75.7 Å². The average Bonchev–Trinajstić information content (AvgIpc) is 3.03. The Kier molecular flexibility index (Phi) is 4.30. The van der Waals surface area contributed by atoms with E-state index in [1.165, 1.54) is 0 Å². The molecular weight excluding hydrogens is 316 g/mol. The number of thioether (sulfide) groups is 1. The summed E-state index contributed by atoms with van der Waals surface area (Å²) in [6.07, 6.45) is 1.20. The Morgan fingerprint density at radius 2 is 2.13 bits per heavy atom. The SMILES string of the molecule is C[C@]12CCC(=O)N1[C@H](C(=O)OCC(=O)Nc1ccccc1)CS2. The third kappa shape index (κ3) is 3.19. The molecule has 1 aromatic carbocycles. The van der Waals surface area contributed by atoms with Crippen LogP contribution in [-0.2, 0) is 19.1 Å². The van der Waals surface area contributed by atoms with Crippen molar-refractivity contribution in [1.82, 2.24) is 4.90 Å². The van der Waals surface area contributed by atoms with Crippen LogP contribution in [0.4, 0.5) is 5.69 Å². The van der Waals surface area contributed by atoms with E-state index in [2.05, 4.69) is 5.32 Å². The van der Waals surface area contributed by atoms with E-state index in [1.807, 2.05) is 13.0 Å². The highest BCUT2D eigenvalue weighted by atomic mass is 32.2. The predicted octanol–water partition coefficient (Wildman–Crippen LogP) is 1.62. The molecule has 2 aliphatic rings. The van der Waals surface area contributed by atoms with Gasteiger partial charge in [0.1, 0.15) is 6.04 Å². The Hall–Kier alpha value is -2.02. The van der Waals surface area contributed by atoms with Crippen LogP contribution in [0.15, 0.2) is 30.3 Å². The lowest BCUT2D eigenvalue weighted by molar-refractivity contribution is -0.155. The van der Waals surface area contributed by atoms with Gasteiger partial charge in [0.15, 0.2) is 6.61 Å². The van der Waals surface area contributed by atoms with Gasteiger partial charge in [-0.1, -0.05) is 18.2 Å². The molecule has 2 amide bonds. The minimum absolute atomic E-state index is 0.0202. The van der Waals surface area contributed by atoms with Crippen molar-refractivity contribution in [2.75, 3.05) is 17.7 Å². The van der Waals surface area contributed by atoms with E-state index in [1.54, 1.807) is 40.9 Å². The van der Waals surface area contributed by atoms with Crippen molar-refractivity contribution in [1.29, 1.82) is 0 Å². The highest BCUT2D eigenvalue weighted by Gasteiger charge is 2.53. The van der Waals surface area contributed by atoms with Gasteiger partial charge in [0.25, 0.3) is 5.91 Å². The summed E-state index contributed by atoms with van der Waals surface area (Å²) < 4.78 is 5.10. The number of nitrogens with one attached hydrogen (secondary N) is 1. The van der Waals surface area contributed by atoms with Crippen LogP contribution < -0.4 is 5.32 Å². The fraction of sp³-hybridized carbons (Fsp3) is 0.438. The zero-order valence-electron chi connectivity index (χ0n) is 12.8. The molecule has 0 bridgehead atoms. The Labute approximate surface area is 138 Å². The number of hydrogen-bond acceptors (Lipinski definition) is 5. The second-order valence-electron chi connectivity index (χ2n) is 5.79. The zero-order chi connectivity index (χ0) is 16.4. The van der Waals surface area contributed by atoms with Gasteiger partial charge in [-0.25, -0.2) is 4.79 Å². The number of fused-ring (bicyclic) bond motifs is 1. The van der Waals surface area contributed by atoms with Crippen LogP contribution in [0, 0.1) is 0 Å². The van der Waals surface area contributed by atoms with Crippen LogP contribution in [-0.4, -0.2) is 46.0 Å². The fourth-order valence-electron chi connectivity index (χ4n) is 2.95. The molecule has 0 saturated carbocycles. The van der Waals surface area contributed by atoms with Gasteiger partial charge in [-0.05, 0) is 25.5 Å². The summed E-state index contributed by atoms with van der Waals surface area (Å²) in [6, 6.07) is 8.36. The summed E-state index contributed by atoms with van der Waals surface area (Å²) >= 11 is 1.60. The number of para-hydroxylation sites is 1. The van der Waals surface area contributed by atoms with Crippen molar-refractivity contribution in [3.05, 3.63) is 30.3 Å². The molecule has 2 atom stereocenters. The number of hydrogen-bond donors (Lipinski definition) is 1. The molecule has 0 aliphatic carbocycles. The number of rotatable bonds is 4. The molecule has 2 fully saturated rings. The summed E-state index contributed by atoms with van der Waals surface area (Å²) in [5.41, 5.74) is 0.646. The van der Waals surface area contributed by atoms with E-state index in [0.717, 1.165) is 6.42 Å². The van der Waals surface area contributed by atoms with Gasteiger partial charge in [-0.3, -0.25) is 9.59 Å². The van der Waals surface area contributed by atoms with E-state index >= 15 is 0 Å². The molecule has 0 radical (unpaired) electrons. The van der Waals surface area contributed by atoms with Gasteiger partial charge in [-0.2, -0.15) is 0 Å². The standard InChI is InChI=1S/C16H18N2O4S/c1-16-8-7-14(20)18(16)12(10-23-16)15(21)22-9-13(19)17-11-5-3-2-4-6-11/h2-6,12H,7-10H2,1H3,(H,17,19)/t12-,16-/m0/s1. The first-order valence-corrected chi connectivity index (χ1v) is 8.46. The summed E-state index contributed by atoms with van der Waals surface area (Å²) in [4.78, 5) is 37.3. The summed E-state index contributed by atoms with van der Waals surface area (Å²) in [6.45, 7) is 1.62. The summed E-state index contributed by atoms with van der Waals surface area (Å²) in [5.74, 6) is -0.417. The lowest BCUT2D eigenvalue weighted by atomic mass is 10.2. The molecule has 1 N–H and O–H groups in total. The number of nitrogens with zero attached hydrogens (tertiary/aromatic N) is 1. The number of esters is 1. The van der Waals surface area contributed by atoms with Gasteiger partial charge in [0.2, 0.25) is 5.91 Å². The Morgan fingerprint density at radius 1 is 1.39 bits per heavy atom. The van der Waals surface area contributed by atoms with Crippen LogP contribution in [0.25, 0.3) is 0 Å². The maximum absolute atomic E-state index is 12.2. The van der Waals surface area contributed by atoms with Crippen LogP contribution in [0.5, 0.6) is 0 Å². The van der Waals surface area contributed by atoms with Gasteiger partial charge < -0.3 is 15.0 Å². The fourth-order valence-corrected chi connectivity index (χ4v) is 4.36. The molecule has 0 aromatic heterocycles. The third-order valence-electron chi connectivity index (χ3n) is 4.12. The molecule has 7 heteroatoms. The van der Waals surface area contributed by atoms with Gasteiger partial charge in [0.05, 0.1) is 4.87 Å². The van der Waals surface area contributed by atoms with Crippen LogP contribution in [0.2, 0.25) is 0 Å². The van der Waals surface area contributed by atoms with Crippen LogP contribution in [0.1, 0.15) is 19.8 Å². The molecule has 2 aliphatic heterocycles. The number of carbonyl (C=O) groups is 3. The van der Waals surface area contributed by atoms with Gasteiger partial charge in [0, 0.05) is 17.9 Å². The predicted molar refractivity (Wildman–Crippen MR) is 86.8 cm³/mol. The van der Waals surface area contributed by atoms with Crippen molar-refractivity contribution in [3.8, 4) is 0 Å². The lowest BCUT2D eigenvalue weighted by Crippen LogP contribution is -2.47. The minimum atomic E-state index is -0.593. The Balaban J connectivity index is 1.54. The first-order valence-electron chi connectivity index (χ1n) is 7.47. The zero-order valence-corrected chi connectivity index (χ0v) is 13.6. The highest BCUT2D eigenvalue weighted by Crippen LogP contribution is 2.47. The highest BCUT2D eigenvalue weighted by molar-refractivity contribution is 8.01. The largest absolute Gasteiger partial charge is 0.454 e. The molecule has 2 heterocycles. The summed E-state index contributed by atoms with van der Waals surface area (Å²) in [7, 11) is 0. The molecule has 23 heavy (non-hydrogen) atoms. The number of anilines is 1. The lowest BCUT2D eigenvalue weighted by Gasteiger charge is -2.29. The number of benzene rings is 1. The van der Waals surface area contributed by atoms with Crippen molar-refractivity contribution >= 4 is 35.2 Å². The van der Waals surface area contributed by atoms with Crippen molar-refractivity contribution in [3.63, 3.8) is 0 Å². The Bertz CT molecular complexity index is 636. The van der Waals surface area contributed by atoms with E-state index < -0.39 is 17.9 Å². The number of ether oxygens (including phenoxy) is 1. The van der Waals surface area contributed by atoms with Crippen molar-refractivity contribution in [2.45, 2.75) is 30.7 Å². The number of carbonyl (C=O) groups excluding carboxylic acids is 3. The van der Waals surface area contributed by atoms with Crippen LogP contribution >= 0.6 is 11.8 Å². The molecule has 0 spiro atoms. The maximum atomic E-state index is 12.2. The maximum Gasteiger partial charge on any atom is 0.330 e. The first-order chi connectivity index (χ1) is 11.0. The number of amides is 2. The molecule has 1 aromatic rings. The second kappa shape index (κ2) is 6.23. The summed E-state index contributed by atoms with van der Waals surface area (Å²) in [5, 5.41) is 2.65. The van der Waals surface area contributed by atoms with E-state index in [9.17, 15) is 14.4 Å². The first kappa shape index (κ1) is 15.9. The normalized spacial score (nSPS) is 26.0. The molecule has 0 unspecified atom stereocenters. The van der Waals surface area contributed by atoms with E-state index in [-0.39, 0.29) is 17.4 Å². The van der Waals surface area contributed by atoms with E-state index in [4.69, 9.17) is 4.74 Å². The molecular formula is C16H18N2O4S. The van der Waals surface area contributed by atoms with Crippen molar-refractivity contribution < 1.29 is 19.1 Å². The third-order valence-corrected chi connectivity index (χ3v) is 5.63. The Morgan fingerprint density at radius 3 is 2.87 bits per heavy atom. The molecule has 6 nitrogen and oxygen atoms in total. The quantitative estimate of drug-likeness (QED) is 0.847. The minimum Gasteiger partial charge on any atom is -0.454 e. The smallest absolute Gasteiger partial charge is 0.330 e. The molecule has 122 valence electrons. The monoisotopic (exact) mass is 334 g/mol. The van der Waals surface area contributed by atoms with Crippen LogP contribution in [0.3, 0.4) is 0 Å². The van der Waals surface area contributed by atoms with E-state index in [0.29, 0.717) is 17.9 Å². The molecule has 2 saturated heterocycles. The second-order valence-corrected chi connectivity index (χ2v) is 7.29. The van der Waals surface area contributed by atoms with Gasteiger partial charge >= 0.3 is 5.97 Å². The molecule has 3 rings (SSSR count). The van der Waals surface area contributed by atoms with Gasteiger partial charge in [-0.15, -0.1) is 11.8 Å². The van der Waals surface area contributed by atoms with Crippen molar-refractivity contribution in [2.24, 2.45) is 0 Å². The average molecular weight is 334 g/mol.